The minimum Gasteiger partial charge on any atom is -0.378 e. The van der Waals surface area contributed by atoms with Crippen LogP contribution < -0.4 is 4.90 Å². The largest absolute Gasteiger partial charge is 0.378 e. The first-order valence-corrected chi connectivity index (χ1v) is 9.61. The molecule has 0 radical (unpaired) electrons. The third-order valence-corrected chi connectivity index (χ3v) is 6.19. The number of hydrogen-bond donors (Lipinski definition) is 0. The average molecular weight is 354 g/mol. The summed E-state index contributed by atoms with van der Waals surface area (Å²) in [5.41, 5.74) is 0.669. The van der Waals surface area contributed by atoms with Crippen LogP contribution in [0.5, 0.6) is 0 Å². The van der Waals surface area contributed by atoms with Crippen LogP contribution in [0.1, 0.15) is 27.2 Å². The zero-order chi connectivity index (χ0) is 17.9. The lowest BCUT2D eigenvalue weighted by molar-refractivity contribution is -0.116. The molecule has 0 N–H and O–H groups in total. The van der Waals surface area contributed by atoms with Gasteiger partial charge in [0.1, 0.15) is 0 Å². The Morgan fingerprint density at radius 1 is 1.33 bits per heavy atom. The van der Waals surface area contributed by atoms with Crippen molar-refractivity contribution in [3.05, 3.63) is 24.3 Å². The molecule has 0 spiro atoms. The van der Waals surface area contributed by atoms with E-state index in [1.807, 2.05) is 0 Å². The molecular weight excluding hydrogens is 328 g/mol. The fourth-order valence-electron chi connectivity index (χ4n) is 2.84. The Morgan fingerprint density at radius 2 is 1.96 bits per heavy atom. The Kier molecular flexibility index (Phi) is 6.01. The molecule has 2 rings (SSSR count). The highest BCUT2D eigenvalue weighted by molar-refractivity contribution is 7.89. The first kappa shape index (κ1) is 18.9. The topological polar surface area (TPSA) is 66.9 Å². The molecule has 1 aromatic rings. The number of morpholine rings is 1. The molecule has 1 heterocycles. The molecule has 1 aliphatic heterocycles. The third-order valence-electron chi connectivity index (χ3n) is 4.22. The molecule has 1 saturated heterocycles. The number of hydrogen-bond acceptors (Lipinski definition) is 4. The molecule has 24 heavy (non-hydrogen) atoms. The Hall–Kier alpha value is -1.44. The molecule has 0 aromatic heterocycles. The molecule has 0 aliphatic carbocycles. The summed E-state index contributed by atoms with van der Waals surface area (Å²) in [6, 6.07) is 6.31. The number of benzene rings is 1. The molecule has 6 nitrogen and oxygen atoms in total. The minimum atomic E-state index is -3.57. The van der Waals surface area contributed by atoms with Gasteiger partial charge in [-0.2, -0.15) is 4.31 Å². The molecule has 1 aromatic carbocycles. The van der Waals surface area contributed by atoms with Crippen LogP contribution in [0.4, 0.5) is 5.69 Å². The second-order valence-corrected chi connectivity index (χ2v) is 8.44. The Morgan fingerprint density at radius 3 is 2.50 bits per heavy atom. The fourth-order valence-corrected chi connectivity index (χ4v) is 4.45. The number of sulfonamides is 1. The number of nitrogens with zero attached hydrogens (tertiary/aromatic N) is 2. The van der Waals surface area contributed by atoms with Crippen molar-refractivity contribution in [2.45, 2.75) is 38.1 Å². The van der Waals surface area contributed by atoms with Gasteiger partial charge in [0.05, 0.1) is 18.1 Å². The summed E-state index contributed by atoms with van der Waals surface area (Å²) in [6.45, 7) is 6.84. The Labute approximate surface area is 144 Å². The Balaban J connectivity index is 2.26. The Bertz CT molecular complexity index is 670. The number of carbonyl (C=O) groups excluding carboxylic acids is 1. The van der Waals surface area contributed by atoms with E-state index in [-0.39, 0.29) is 16.8 Å². The van der Waals surface area contributed by atoms with E-state index in [1.165, 1.54) is 11.8 Å². The molecule has 0 saturated carbocycles. The molecule has 134 valence electrons. The van der Waals surface area contributed by atoms with Gasteiger partial charge in [-0.3, -0.25) is 4.79 Å². The molecule has 1 unspecified atom stereocenters. The van der Waals surface area contributed by atoms with Crippen LogP contribution in [0.15, 0.2) is 29.2 Å². The highest BCUT2D eigenvalue weighted by atomic mass is 32.2. The minimum absolute atomic E-state index is 0.101. The first-order valence-electron chi connectivity index (χ1n) is 8.17. The van der Waals surface area contributed by atoms with Crippen molar-refractivity contribution in [3.8, 4) is 0 Å². The zero-order valence-electron chi connectivity index (χ0n) is 14.7. The second-order valence-electron chi connectivity index (χ2n) is 6.55. The maximum absolute atomic E-state index is 13.0. The van der Waals surface area contributed by atoms with Gasteiger partial charge in [-0.1, -0.05) is 13.8 Å². The van der Waals surface area contributed by atoms with Gasteiger partial charge < -0.3 is 9.64 Å². The molecular formula is C17H26N2O4S. The smallest absolute Gasteiger partial charge is 0.243 e. The monoisotopic (exact) mass is 354 g/mol. The van der Waals surface area contributed by atoms with Gasteiger partial charge in [0.15, 0.2) is 0 Å². The van der Waals surface area contributed by atoms with Crippen molar-refractivity contribution in [3.63, 3.8) is 0 Å². The maximum atomic E-state index is 13.0. The van der Waals surface area contributed by atoms with Crippen LogP contribution in [-0.4, -0.2) is 51.5 Å². The molecule has 1 fully saturated rings. The van der Waals surface area contributed by atoms with E-state index >= 15 is 0 Å². The van der Waals surface area contributed by atoms with Crippen molar-refractivity contribution in [1.82, 2.24) is 4.31 Å². The number of anilines is 1. The van der Waals surface area contributed by atoms with Gasteiger partial charge in [0.2, 0.25) is 15.9 Å². The predicted molar refractivity (Wildman–Crippen MR) is 93.5 cm³/mol. The fraction of sp³-hybridized carbons (Fsp3) is 0.588. The lowest BCUT2D eigenvalue weighted by Gasteiger charge is -2.35. The van der Waals surface area contributed by atoms with E-state index in [1.54, 1.807) is 35.6 Å². The summed E-state index contributed by atoms with van der Waals surface area (Å²) < 4.78 is 33.0. The number of rotatable bonds is 5. The van der Waals surface area contributed by atoms with Crippen molar-refractivity contribution in [2.75, 3.05) is 31.7 Å². The number of amides is 1. The first-order chi connectivity index (χ1) is 11.2. The van der Waals surface area contributed by atoms with E-state index < -0.39 is 10.0 Å². The highest BCUT2D eigenvalue weighted by Crippen LogP contribution is 2.25. The van der Waals surface area contributed by atoms with E-state index in [4.69, 9.17) is 4.74 Å². The van der Waals surface area contributed by atoms with Crippen LogP contribution in [0.2, 0.25) is 0 Å². The summed E-state index contributed by atoms with van der Waals surface area (Å²) in [6.07, 6.45) is 0.768. The van der Waals surface area contributed by atoms with Gasteiger partial charge >= 0.3 is 0 Å². The summed E-state index contributed by atoms with van der Waals surface area (Å²) >= 11 is 0. The van der Waals surface area contributed by atoms with E-state index in [2.05, 4.69) is 13.8 Å². The normalized spacial score (nSPS) is 19.5. The highest BCUT2D eigenvalue weighted by Gasteiger charge is 2.34. The SMILES string of the molecule is CC(=O)N(C)c1ccc(S(=O)(=O)N2CCOCC2CC(C)C)cc1. The van der Waals surface area contributed by atoms with Crippen molar-refractivity contribution >= 4 is 21.6 Å². The molecule has 1 atom stereocenters. The standard InChI is InChI=1S/C17H26N2O4S/c1-13(2)11-16-12-23-10-9-19(16)24(21,22)17-7-5-15(6-8-17)18(4)14(3)20/h5-8,13,16H,9-12H2,1-4H3. The molecule has 0 bridgehead atoms. The summed E-state index contributed by atoms with van der Waals surface area (Å²) in [5, 5.41) is 0. The zero-order valence-corrected chi connectivity index (χ0v) is 15.5. The van der Waals surface area contributed by atoms with Gasteiger partial charge in [-0.25, -0.2) is 8.42 Å². The predicted octanol–water partition coefficient (Wildman–Crippen LogP) is 2.10. The van der Waals surface area contributed by atoms with Gasteiger partial charge in [0, 0.05) is 32.2 Å². The quantitative estimate of drug-likeness (QED) is 0.812. The van der Waals surface area contributed by atoms with E-state index in [9.17, 15) is 13.2 Å². The lowest BCUT2D eigenvalue weighted by Crippen LogP contribution is -2.49. The van der Waals surface area contributed by atoms with Crippen LogP contribution in [-0.2, 0) is 19.6 Å². The van der Waals surface area contributed by atoms with Crippen LogP contribution >= 0.6 is 0 Å². The lowest BCUT2D eigenvalue weighted by atomic mass is 10.0. The summed E-state index contributed by atoms with van der Waals surface area (Å²) in [5.74, 6) is 0.289. The summed E-state index contributed by atoms with van der Waals surface area (Å²) in [7, 11) is -1.91. The van der Waals surface area contributed by atoms with Crippen molar-refractivity contribution < 1.29 is 17.9 Å². The van der Waals surface area contributed by atoms with Crippen molar-refractivity contribution in [1.29, 1.82) is 0 Å². The number of carbonyl (C=O) groups is 1. The van der Waals surface area contributed by atoms with Gasteiger partial charge in [-0.05, 0) is 36.6 Å². The van der Waals surface area contributed by atoms with Crippen LogP contribution in [0.3, 0.4) is 0 Å². The van der Waals surface area contributed by atoms with Crippen molar-refractivity contribution in [2.24, 2.45) is 5.92 Å². The molecule has 7 heteroatoms. The maximum Gasteiger partial charge on any atom is 0.243 e. The van der Waals surface area contributed by atoms with Gasteiger partial charge in [0.25, 0.3) is 0 Å². The average Bonchev–Trinajstić information content (AvgIpc) is 2.54. The van der Waals surface area contributed by atoms with Gasteiger partial charge in [-0.15, -0.1) is 0 Å². The van der Waals surface area contributed by atoms with E-state index in [0.29, 0.717) is 31.4 Å². The van der Waals surface area contributed by atoms with Crippen LogP contribution in [0.25, 0.3) is 0 Å². The van der Waals surface area contributed by atoms with Crippen LogP contribution in [0, 0.1) is 5.92 Å². The summed E-state index contributed by atoms with van der Waals surface area (Å²) in [4.78, 5) is 13.1. The number of ether oxygens (including phenoxy) is 1. The molecule has 1 amide bonds. The molecule has 1 aliphatic rings. The second kappa shape index (κ2) is 7.63. The van der Waals surface area contributed by atoms with E-state index in [0.717, 1.165) is 6.42 Å². The third kappa shape index (κ3) is 4.15.